The molecule has 31 heavy (non-hydrogen) atoms. The predicted octanol–water partition coefficient (Wildman–Crippen LogP) is 1.72. The van der Waals surface area contributed by atoms with Gasteiger partial charge in [-0.3, -0.25) is 9.59 Å². The molecule has 1 saturated heterocycles. The van der Waals surface area contributed by atoms with Crippen LogP contribution in [0.15, 0.2) is 35.2 Å². The number of Topliss-reactive ketones (excluding diaryl/α,β-unsaturated/α-hetero) is 1. The maximum absolute atomic E-state index is 13.2. The third-order valence-electron chi connectivity index (χ3n) is 4.82. The number of nitrogens with zero attached hydrogens (tertiary/aromatic N) is 1. The number of halogens is 1. The number of esters is 1. The summed E-state index contributed by atoms with van der Waals surface area (Å²) >= 11 is 6.85. The fourth-order valence-corrected chi connectivity index (χ4v) is 5.96. The lowest BCUT2D eigenvalue weighted by Gasteiger charge is -2.24. The van der Waals surface area contributed by atoms with E-state index in [0.29, 0.717) is 21.6 Å². The summed E-state index contributed by atoms with van der Waals surface area (Å²) in [6, 6.07) is 5.96. The quantitative estimate of drug-likeness (QED) is 0.483. The number of sulfonamides is 1. The number of ether oxygens (including phenoxy) is 3. The van der Waals surface area contributed by atoms with E-state index in [9.17, 15) is 23.1 Å². The van der Waals surface area contributed by atoms with Gasteiger partial charge >= 0.3 is 5.97 Å². The molecule has 1 aromatic carbocycles. The Bertz CT molecular complexity index is 1120. The highest BCUT2D eigenvalue weighted by molar-refractivity contribution is 7.89. The molecule has 0 amide bonds. The number of ketones is 1. The van der Waals surface area contributed by atoms with Gasteiger partial charge in [-0.25, -0.2) is 8.42 Å². The molecular weight excluding hydrogens is 470 g/mol. The van der Waals surface area contributed by atoms with Gasteiger partial charge in [0.25, 0.3) is 0 Å². The second-order valence-electron chi connectivity index (χ2n) is 6.92. The molecular formula is C19H18ClNO8S2. The number of fused-ring (bicyclic) bond motifs is 1. The molecule has 0 bridgehead atoms. The SMILES string of the molecule is O=C(COC(=O)[C@@H]1C[C@H](O)CN1S(=O)(=O)c1ccc2c(c1)OCCO2)c1ccc(Cl)s1. The van der Waals surface area contributed by atoms with Crippen LogP contribution in [0.3, 0.4) is 0 Å². The Morgan fingerprint density at radius 1 is 1.19 bits per heavy atom. The molecule has 3 heterocycles. The van der Waals surface area contributed by atoms with Crippen LogP contribution in [0, 0.1) is 0 Å². The molecule has 12 heteroatoms. The van der Waals surface area contributed by atoms with Crippen LogP contribution in [-0.2, 0) is 19.6 Å². The van der Waals surface area contributed by atoms with Crippen molar-refractivity contribution in [3.05, 3.63) is 39.5 Å². The summed E-state index contributed by atoms with van der Waals surface area (Å²) in [5, 5.41) is 10.0. The van der Waals surface area contributed by atoms with E-state index in [-0.39, 0.29) is 30.2 Å². The number of hydrogen-bond donors (Lipinski definition) is 1. The zero-order chi connectivity index (χ0) is 22.2. The van der Waals surface area contributed by atoms with Crippen molar-refractivity contribution in [2.75, 3.05) is 26.4 Å². The van der Waals surface area contributed by atoms with E-state index < -0.39 is 40.5 Å². The van der Waals surface area contributed by atoms with Gasteiger partial charge in [0.15, 0.2) is 18.1 Å². The van der Waals surface area contributed by atoms with Crippen LogP contribution in [0.4, 0.5) is 0 Å². The Morgan fingerprint density at radius 2 is 1.94 bits per heavy atom. The highest BCUT2D eigenvalue weighted by atomic mass is 35.5. The number of thiophene rings is 1. The van der Waals surface area contributed by atoms with Gasteiger partial charge < -0.3 is 19.3 Å². The third kappa shape index (κ3) is 4.55. The van der Waals surface area contributed by atoms with E-state index in [2.05, 4.69) is 0 Å². The monoisotopic (exact) mass is 487 g/mol. The lowest BCUT2D eigenvalue weighted by atomic mass is 10.2. The predicted molar refractivity (Wildman–Crippen MR) is 110 cm³/mol. The molecule has 1 aromatic heterocycles. The summed E-state index contributed by atoms with van der Waals surface area (Å²) in [6.45, 7) is -0.176. The van der Waals surface area contributed by atoms with Crippen molar-refractivity contribution in [1.82, 2.24) is 4.31 Å². The Morgan fingerprint density at radius 3 is 2.65 bits per heavy atom. The van der Waals surface area contributed by atoms with Crippen LogP contribution in [-0.4, -0.2) is 68.1 Å². The Labute approximate surface area is 187 Å². The third-order valence-corrected chi connectivity index (χ3v) is 7.96. The summed E-state index contributed by atoms with van der Waals surface area (Å²) < 4.78 is 43.6. The first-order valence-electron chi connectivity index (χ1n) is 9.30. The van der Waals surface area contributed by atoms with Crippen LogP contribution < -0.4 is 9.47 Å². The maximum atomic E-state index is 13.2. The zero-order valence-electron chi connectivity index (χ0n) is 16.0. The molecule has 4 rings (SSSR count). The number of aliphatic hydroxyl groups is 1. The first kappa shape index (κ1) is 22.0. The largest absolute Gasteiger partial charge is 0.486 e. The second kappa shape index (κ2) is 8.75. The van der Waals surface area contributed by atoms with Gasteiger partial charge in [0.05, 0.1) is 20.2 Å². The molecule has 0 unspecified atom stereocenters. The summed E-state index contributed by atoms with van der Waals surface area (Å²) in [6.07, 6.45) is -1.18. The van der Waals surface area contributed by atoms with Crippen LogP contribution in [0.2, 0.25) is 4.34 Å². The number of rotatable bonds is 6. The number of β-amino-alcohol motifs (C(OH)–C–C–N with tert-alkyl or cyclic N) is 1. The molecule has 0 aliphatic carbocycles. The smallest absolute Gasteiger partial charge is 0.325 e. The average Bonchev–Trinajstić information content (AvgIpc) is 3.37. The summed E-state index contributed by atoms with van der Waals surface area (Å²) in [5.41, 5.74) is 0. The second-order valence-corrected chi connectivity index (χ2v) is 10.5. The van der Waals surface area contributed by atoms with Crippen LogP contribution >= 0.6 is 22.9 Å². The lowest BCUT2D eigenvalue weighted by molar-refractivity contribution is -0.146. The number of carbonyl (C=O) groups is 2. The molecule has 0 radical (unpaired) electrons. The molecule has 166 valence electrons. The number of aliphatic hydroxyl groups excluding tert-OH is 1. The highest BCUT2D eigenvalue weighted by Crippen LogP contribution is 2.35. The van der Waals surface area contributed by atoms with Gasteiger partial charge in [-0.15, -0.1) is 11.3 Å². The first-order valence-corrected chi connectivity index (χ1v) is 11.9. The van der Waals surface area contributed by atoms with Gasteiger partial charge in [-0.1, -0.05) is 11.6 Å². The van der Waals surface area contributed by atoms with E-state index in [1.165, 1.54) is 24.3 Å². The van der Waals surface area contributed by atoms with Crippen LogP contribution in [0.25, 0.3) is 0 Å². The lowest BCUT2D eigenvalue weighted by Crippen LogP contribution is -2.41. The van der Waals surface area contributed by atoms with Gasteiger partial charge in [-0.05, 0) is 24.3 Å². The summed E-state index contributed by atoms with van der Waals surface area (Å²) in [5.74, 6) is -0.653. The van der Waals surface area contributed by atoms with Crippen molar-refractivity contribution >= 4 is 44.7 Å². The number of carbonyl (C=O) groups excluding carboxylic acids is 2. The van der Waals surface area contributed by atoms with Crippen molar-refractivity contribution in [2.45, 2.75) is 23.5 Å². The molecule has 1 N–H and O–H groups in total. The van der Waals surface area contributed by atoms with E-state index >= 15 is 0 Å². The standard InChI is InChI=1S/C19H18ClNO8S2/c20-18-4-3-17(30-18)14(23)10-29-19(24)13-7-11(22)9-21(13)31(25,26)12-1-2-15-16(8-12)28-6-5-27-15/h1-4,8,11,13,22H,5-7,9-10H2/t11-,13-/m0/s1. The molecule has 0 saturated carbocycles. The van der Waals surface area contributed by atoms with Gasteiger partial charge in [0, 0.05) is 19.0 Å². The minimum absolute atomic E-state index is 0.104. The molecule has 2 aliphatic heterocycles. The highest BCUT2D eigenvalue weighted by Gasteiger charge is 2.44. The van der Waals surface area contributed by atoms with Gasteiger partial charge in [0.2, 0.25) is 15.8 Å². The summed E-state index contributed by atoms with van der Waals surface area (Å²) in [4.78, 5) is 25.0. The average molecular weight is 488 g/mol. The van der Waals surface area contributed by atoms with Crippen LogP contribution in [0.5, 0.6) is 11.5 Å². The van der Waals surface area contributed by atoms with Gasteiger partial charge in [-0.2, -0.15) is 4.31 Å². The van der Waals surface area contributed by atoms with E-state index in [1.807, 2.05) is 0 Å². The van der Waals surface area contributed by atoms with Crippen molar-refractivity contribution < 1.29 is 37.3 Å². The van der Waals surface area contributed by atoms with E-state index in [4.69, 9.17) is 25.8 Å². The molecule has 9 nitrogen and oxygen atoms in total. The number of hydrogen-bond acceptors (Lipinski definition) is 9. The number of benzene rings is 1. The minimum Gasteiger partial charge on any atom is -0.486 e. The Kier molecular flexibility index (Phi) is 6.22. The molecule has 1 fully saturated rings. The maximum Gasteiger partial charge on any atom is 0.325 e. The van der Waals surface area contributed by atoms with E-state index in [1.54, 1.807) is 6.07 Å². The Balaban J connectivity index is 1.50. The topological polar surface area (TPSA) is 119 Å². The van der Waals surface area contributed by atoms with Crippen molar-refractivity contribution in [3.8, 4) is 11.5 Å². The van der Waals surface area contributed by atoms with Gasteiger partial charge in [0.1, 0.15) is 19.3 Å². The molecule has 0 spiro atoms. The molecule has 2 aromatic rings. The fraction of sp³-hybridized carbons (Fsp3) is 0.368. The van der Waals surface area contributed by atoms with Crippen LogP contribution in [0.1, 0.15) is 16.1 Å². The van der Waals surface area contributed by atoms with E-state index in [0.717, 1.165) is 15.6 Å². The normalized spacial score (nSPS) is 21.1. The Hall–Kier alpha value is -2.18. The minimum atomic E-state index is -4.15. The fourth-order valence-electron chi connectivity index (χ4n) is 3.35. The van der Waals surface area contributed by atoms with Crippen molar-refractivity contribution in [3.63, 3.8) is 0 Å². The van der Waals surface area contributed by atoms with Crippen molar-refractivity contribution in [1.29, 1.82) is 0 Å². The molecule has 2 aliphatic rings. The molecule has 2 atom stereocenters. The summed E-state index contributed by atoms with van der Waals surface area (Å²) in [7, 11) is -4.15. The zero-order valence-corrected chi connectivity index (χ0v) is 18.4. The van der Waals surface area contributed by atoms with Crippen molar-refractivity contribution in [2.24, 2.45) is 0 Å². The first-order chi connectivity index (χ1) is 14.8.